The highest BCUT2D eigenvalue weighted by atomic mass is 19.4. The molecule has 1 aromatic rings. The molecule has 1 heterocycles. The molecule has 2 N–H and O–H groups in total. The van der Waals surface area contributed by atoms with Crippen molar-refractivity contribution in [1.82, 2.24) is 4.98 Å². The van der Waals surface area contributed by atoms with E-state index in [-0.39, 0.29) is 18.7 Å². The van der Waals surface area contributed by atoms with Gasteiger partial charge in [-0.1, -0.05) is 0 Å². The Morgan fingerprint density at radius 1 is 1.41 bits per heavy atom. The monoisotopic (exact) mass is 248 g/mol. The molecule has 4 nitrogen and oxygen atoms in total. The largest absolute Gasteiger partial charge is 0.461 e. The molecule has 0 saturated carbocycles. The maximum absolute atomic E-state index is 11.8. The van der Waals surface area contributed by atoms with Crippen molar-refractivity contribution in [3.8, 4) is 0 Å². The maximum Gasteiger partial charge on any atom is 0.389 e. The number of nitrogens with two attached hydrogens (primary N) is 1. The fourth-order valence-corrected chi connectivity index (χ4v) is 1.04. The molecule has 0 atom stereocenters. The van der Waals surface area contributed by atoms with Gasteiger partial charge in [0, 0.05) is 6.42 Å². The average Bonchev–Trinajstić information content (AvgIpc) is 2.24. The molecule has 0 bridgehead atoms. The maximum atomic E-state index is 11.8. The molecule has 0 aliphatic carbocycles. The molecule has 0 aliphatic rings. The lowest BCUT2D eigenvalue weighted by Gasteiger charge is -2.06. The van der Waals surface area contributed by atoms with Gasteiger partial charge in [0.25, 0.3) is 0 Å². The summed E-state index contributed by atoms with van der Waals surface area (Å²) in [6.07, 6.45) is -4.20. The summed E-state index contributed by atoms with van der Waals surface area (Å²) in [6, 6.07) is 2.81. The number of nitrogen functional groups attached to an aromatic ring is 1. The van der Waals surface area contributed by atoms with Crippen LogP contribution in [0.5, 0.6) is 0 Å². The number of alkyl halides is 3. The van der Waals surface area contributed by atoms with E-state index in [2.05, 4.69) is 9.72 Å². The second kappa shape index (κ2) is 5.51. The van der Waals surface area contributed by atoms with Crippen LogP contribution in [0.25, 0.3) is 0 Å². The molecule has 0 spiro atoms. The van der Waals surface area contributed by atoms with E-state index in [1.54, 1.807) is 0 Å². The van der Waals surface area contributed by atoms with Gasteiger partial charge >= 0.3 is 12.1 Å². The van der Waals surface area contributed by atoms with Crippen LogP contribution in [0.2, 0.25) is 0 Å². The summed E-state index contributed by atoms with van der Waals surface area (Å²) in [5.41, 5.74) is 5.76. The number of carbonyl (C=O) groups is 1. The Morgan fingerprint density at radius 3 is 2.65 bits per heavy atom. The van der Waals surface area contributed by atoms with Crippen molar-refractivity contribution >= 4 is 11.7 Å². The number of aromatic nitrogens is 1. The number of ether oxygens (including phenoxy) is 1. The highest BCUT2D eigenvalue weighted by molar-refractivity contribution is 5.87. The Morgan fingerprint density at radius 2 is 2.12 bits per heavy atom. The van der Waals surface area contributed by atoms with Crippen LogP contribution in [0.15, 0.2) is 18.3 Å². The molecule has 0 saturated heterocycles. The predicted molar refractivity (Wildman–Crippen MR) is 54.2 cm³/mol. The normalized spacial score (nSPS) is 11.2. The number of anilines is 1. The zero-order valence-corrected chi connectivity index (χ0v) is 8.83. The Bertz CT molecular complexity index is 376. The highest BCUT2D eigenvalue weighted by Crippen LogP contribution is 2.21. The lowest BCUT2D eigenvalue weighted by atomic mass is 10.3. The summed E-state index contributed by atoms with van der Waals surface area (Å²) in [4.78, 5) is 15.0. The molecule has 1 aromatic heterocycles. The van der Waals surface area contributed by atoms with Gasteiger partial charge in [0.1, 0.15) is 5.69 Å². The van der Waals surface area contributed by atoms with Crippen molar-refractivity contribution in [3.05, 3.63) is 24.0 Å². The summed E-state index contributed by atoms with van der Waals surface area (Å²) in [6.45, 7) is -0.287. The van der Waals surface area contributed by atoms with Crippen LogP contribution in [0.4, 0.5) is 18.9 Å². The van der Waals surface area contributed by atoms with E-state index >= 15 is 0 Å². The van der Waals surface area contributed by atoms with E-state index in [1.165, 1.54) is 18.3 Å². The number of pyridine rings is 1. The van der Waals surface area contributed by atoms with Gasteiger partial charge in [-0.05, 0) is 18.6 Å². The second-order valence-electron chi connectivity index (χ2n) is 3.33. The molecule has 17 heavy (non-hydrogen) atoms. The second-order valence-corrected chi connectivity index (χ2v) is 3.33. The van der Waals surface area contributed by atoms with Gasteiger partial charge in [-0.3, -0.25) is 0 Å². The van der Waals surface area contributed by atoms with Gasteiger partial charge in [-0.15, -0.1) is 0 Å². The molecule has 0 radical (unpaired) electrons. The number of nitrogens with zero attached hydrogens (tertiary/aromatic N) is 1. The third-order valence-electron chi connectivity index (χ3n) is 1.83. The van der Waals surface area contributed by atoms with E-state index in [1.807, 2.05) is 0 Å². The third kappa shape index (κ3) is 5.19. The quantitative estimate of drug-likeness (QED) is 0.655. The van der Waals surface area contributed by atoms with Gasteiger partial charge in [0.05, 0.1) is 18.5 Å². The van der Waals surface area contributed by atoms with Crippen LogP contribution in [-0.2, 0) is 4.74 Å². The fourth-order valence-electron chi connectivity index (χ4n) is 1.04. The molecule has 0 fully saturated rings. The minimum absolute atomic E-state index is 0.0196. The Hall–Kier alpha value is -1.79. The van der Waals surface area contributed by atoms with Crippen molar-refractivity contribution in [3.63, 3.8) is 0 Å². The first-order chi connectivity index (χ1) is 7.88. The third-order valence-corrected chi connectivity index (χ3v) is 1.83. The summed E-state index contributed by atoms with van der Waals surface area (Å²) in [5.74, 6) is -0.757. The van der Waals surface area contributed by atoms with E-state index in [4.69, 9.17) is 5.73 Å². The lowest BCUT2D eigenvalue weighted by Crippen LogP contribution is -2.12. The Balaban J connectivity index is 2.33. The summed E-state index contributed by atoms with van der Waals surface area (Å²) in [7, 11) is 0. The zero-order chi connectivity index (χ0) is 12.9. The Kier molecular flexibility index (Phi) is 4.30. The Labute approximate surface area is 95.6 Å². The standard InChI is InChI=1S/C10H11F3N2O2/c11-10(12,13)4-1-5-17-9(16)8-3-2-7(14)6-15-8/h2-3,6H,1,4-5,14H2. The number of carbonyl (C=O) groups excluding carboxylic acids is 1. The van der Waals surface area contributed by atoms with Crippen molar-refractivity contribution in [2.75, 3.05) is 12.3 Å². The van der Waals surface area contributed by atoms with Crippen LogP contribution >= 0.6 is 0 Å². The van der Waals surface area contributed by atoms with Crippen molar-refractivity contribution < 1.29 is 22.7 Å². The topological polar surface area (TPSA) is 65.2 Å². The van der Waals surface area contributed by atoms with Crippen LogP contribution in [0, 0.1) is 0 Å². The summed E-state index contributed by atoms with van der Waals surface area (Å²) < 4.78 is 40.0. The lowest BCUT2D eigenvalue weighted by molar-refractivity contribution is -0.137. The van der Waals surface area contributed by atoms with Gasteiger partial charge in [0.2, 0.25) is 0 Å². The molecule has 0 unspecified atom stereocenters. The molecule has 7 heteroatoms. The molecule has 1 rings (SSSR count). The number of rotatable bonds is 4. The van der Waals surface area contributed by atoms with Crippen LogP contribution < -0.4 is 5.73 Å². The van der Waals surface area contributed by atoms with Crippen molar-refractivity contribution in [2.24, 2.45) is 0 Å². The van der Waals surface area contributed by atoms with Crippen LogP contribution in [-0.4, -0.2) is 23.7 Å². The number of hydrogen-bond acceptors (Lipinski definition) is 4. The average molecular weight is 248 g/mol. The summed E-state index contributed by atoms with van der Waals surface area (Å²) >= 11 is 0. The van der Waals surface area contributed by atoms with Crippen molar-refractivity contribution in [2.45, 2.75) is 19.0 Å². The fraction of sp³-hybridized carbons (Fsp3) is 0.400. The zero-order valence-electron chi connectivity index (χ0n) is 8.83. The molecule has 94 valence electrons. The molecule has 0 aromatic carbocycles. The number of hydrogen-bond donors (Lipinski definition) is 1. The molecular formula is C10H11F3N2O2. The van der Waals surface area contributed by atoms with Crippen LogP contribution in [0.1, 0.15) is 23.3 Å². The molecule has 0 amide bonds. The van der Waals surface area contributed by atoms with Crippen molar-refractivity contribution in [1.29, 1.82) is 0 Å². The van der Waals surface area contributed by atoms with Gasteiger partial charge < -0.3 is 10.5 Å². The smallest absolute Gasteiger partial charge is 0.389 e. The molecule has 0 aliphatic heterocycles. The minimum Gasteiger partial charge on any atom is -0.461 e. The van der Waals surface area contributed by atoms with E-state index < -0.39 is 18.6 Å². The number of esters is 1. The molecular weight excluding hydrogens is 237 g/mol. The van der Waals surface area contributed by atoms with Crippen LogP contribution in [0.3, 0.4) is 0 Å². The highest BCUT2D eigenvalue weighted by Gasteiger charge is 2.26. The van der Waals surface area contributed by atoms with E-state index in [0.29, 0.717) is 5.69 Å². The van der Waals surface area contributed by atoms with Gasteiger partial charge in [-0.25, -0.2) is 9.78 Å². The van der Waals surface area contributed by atoms with Gasteiger partial charge in [-0.2, -0.15) is 13.2 Å². The first kappa shape index (κ1) is 13.3. The minimum atomic E-state index is -4.23. The SMILES string of the molecule is Nc1ccc(C(=O)OCCCC(F)(F)F)nc1. The van der Waals surface area contributed by atoms with E-state index in [0.717, 1.165) is 0 Å². The first-order valence-electron chi connectivity index (χ1n) is 4.84. The first-order valence-corrected chi connectivity index (χ1v) is 4.84. The van der Waals surface area contributed by atoms with Gasteiger partial charge in [0.15, 0.2) is 0 Å². The van der Waals surface area contributed by atoms with E-state index in [9.17, 15) is 18.0 Å². The predicted octanol–water partition coefficient (Wildman–Crippen LogP) is 2.16. The number of halogens is 3. The summed E-state index contributed by atoms with van der Waals surface area (Å²) in [5, 5.41) is 0.